The first-order valence-corrected chi connectivity index (χ1v) is 5.00. The molecule has 0 saturated heterocycles. The van der Waals surface area contributed by atoms with Gasteiger partial charge < -0.3 is 0 Å². The van der Waals surface area contributed by atoms with Gasteiger partial charge in [-0.05, 0) is 20.3 Å². The number of aromatic nitrogens is 2. The molecule has 0 aromatic carbocycles. The minimum absolute atomic E-state index is 0.131. The van der Waals surface area contributed by atoms with E-state index in [1.807, 2.05) is 0 Å². The Kier molecular flexibility index (Phi) is 3.33. The number of alkyl halides is 3. The van der Waals surface area contributed by atoms with Crippen LogP contribution < -0.4 is 0 Å². The standard InChI is InChI=1S/C9H12ClF3N2/c1-4-6-7(10)8(9(11,12)13)14-15(6)5(2)3/h5H,4H2,1-3H3. The second-order valence-corrected chi connectivity index (χ2v) is 3.88. The SMILES string of the molecule is CCc1c(Cl)c(C(F)(F)F)nn1C(C)C. The van der Waals surface area contributed by atoms with Gasteiger partial charge >= 0.3 is 6.18 Å². The predicted octanol–water partition coefficient (Wildman–Crippen LogP) is 3.70. The number of rotatable bonds is 2. The van der Waals surface area contributed by atoms with Crippen molar-refractivity contribution < 1.29 is 13.2 Å². The maximum atomic E-state index is 12.5. The lowest BCUT2D eigenvalue weighted by molar-refractivity contribution is -0.141. The molecule has 1 aromatic heterocycles. The summed E-state index contributed by atoms with van der Waals surface area (Å²) in [4.78, 5) is 0. The van der Waals surface area contributed by atoms with E-state index in [4.69, 9.17) is 11.6 Å². The molecule has 1 rings (SSSR count). The lowest BCUT2D eigenvalue weighted by Crippen LogP contribution is -2.10. The Labute approximate surface area is 91.0 Å². The highest BCUT2D eigenvalue weighted by Gasteiger charge is 2.38. The second-order valence-electron chi connectivity index (χ2n) is 3.50. The average Bonchev–Trinajstić information content (AvgIpc) is 2.41. The highest BCUT2D eigenvalue weighted by Crippen LogP contribution is 2.36. The molecule has 0 fully saturated rings. The first kappa shape index (κ1) is 12.4. The first-order chi connectivity index (χ1) is 6.79. The summed E-state index contributed by atoms with van der Waals surface area (Å²) in [6.45, 7) is 5.28. The van der Waals surface area contributed by atoms with Gasteiger partial charge in [-0.25, -0.2) is 0 Å². The van der Waals surface area contributed by atoms with Gasteiger partial charge in [0.25, 0.3) is 0 Å². The summed E-state index contributed by atoms with van der Waals surface area (Å²) in [7, 11) is 0. The summed E-state index contributed by atoms with van der Waals surface area (Å²) < 4.78 is 38.8. The molecule has 0 amide bonds. The number of nitrogens with zero attached hydrogens (tertiary/aromatic N) is 2. The fraction of sp³-hybridized carbons (Fsp3) is 0.667. The van der Waals surface area contributed by atoms with Crippen LogP contribution in [0.15, 0.2) is 0 Å². The van der Waals surface area contributed by atoms with E-state index in [0.717, 1.165) is 0 Å². The fourth-order valence-electron chi connectivity index (χ4n) is 1.37. The van der Waals surface area contributed by atoms with E-state index >= 15 is 0 Å². The quantitative estimate of drug-likeness (QED) is 0.771. The van der Waals surface area contributed by atoms with Crippen molar-refractivity contribution in [3.63, 3.8) is 0 Å². The second kappa shape index (κ2) is 4.04. The average molecular weight is 241 g/mol. The molecule has 0 radical (unpaired) electrons. The Bertz CT molecular complexity index is 355. The van der Waals surface area contributed by atoms with E-state index in [1.54, 1.807) is 20.8 Å². The Hall–Kier alpha value is -0.710. The third-order valence-corrected chi connectivity index (χ3v) is 2.44. The van der Waals surface area contributed by atoms with Gasteiger partial charge in [0.15, 0.2) is 5.69 Å². The third-order valence-electron chi connectivity index (χ3n) is 2.04. The largest absolute Gasteiger partial charge is 0.436 e. The van der Waals surface area contributed by atoms with Crippen molar-refractivity contribution in [2.75, 3.05) is 0 Å². The summed E-state index contributed by atoms with van der Waals surface area (Å²) in [6, 6.07) is -0.131. The van der Waals surface area contributed by atoms with E-state index in [0.29, 0.717) is 12.1 Å². The van der Waals surface area contributed by atoms with Crippen molar-refractivity contribution >= 4 is 11.6 Å². The molecule has 0 saturated carbocycles. The Balaban J connectivity index is 3.34. The monoisotopic (exact) mass is 240 g/mol. The lowest BCUT2D eigenvalue weighted by atomic mass is 10.2. The predicted molar refractivity (Wildman–Crippen MR) is 52.0 cm³/mol. The van der Waals surface area contributed by atoms with Gasteiger partial charge in [0, 0.05) is 6.04 Å². The molecule has 86 valence electrons. The molecule has 0 atom stereocenters. The van der Waals surface area contributed by atoms with E-state index in [9.17, 15) is 13.2 Å². The van der Waals surface area contributed by atoms with Crippen LogP contribution in [-0.4, -0.2) is 9.78 Å². The molecular formula is C9H12ClF3N2. The number of halogens is 4. The summed E-state index contributed by atoms with van der Waals surface area (Å²) in [5.41, 5.74) is -0.561. The van der Waals surface area contributed by atoms with E-state index < -0.39 is 11.9 Å². The molecule has 6 heteroatoms. The number of hydrogen-bond acceptors (Lipinski definition) is 1. The Morgan fingerprint density at radius 3 is 2.20 bits per heavy atom. The molecule has 2 nitrogen and oxygen atoms in total. The van der Waals surface area contributed by atoms with Gasteiger partial charge in [0.2, 0.25) is 0 Å². The summed E-state index contributed by atoms with van der Waals surface area (Å²) >= 11 is 5.66. The van der Waals surface area contributed by atoms with Gasteiger partial charge in [-0.3, -0.25) is 4.68 Å². The van der Waals surface area contributed by atoms with Gasteiger partial charge in [-0.15, -0.1) is 0 Å². The van der Waals surface area contributed by atoms with Crippen molar-refractivity contribution in [2.24, 2.45) is 0 Å². The van der Waals surface area contributed by atoms with Crippen LogP contribution in [0, 0.1) is 0 Å². The Morgan fingerprint density at radius 1 is 1.40 bits per heavy atom. The summed E-state index contributed by atoms with van der Waals surface area (Å²) in [6.07, 6.45) is -4.05. The van der Waals surface area contributed by atoms with Crippen LogP contribution in [0.4, 0.5) is 13.2 Å². The van der Waals surface area contributed by atoms with Crippen molar-refractivity contribution in [3.05, 3.63) is 16.4 Å². The van der Waals surface area contributed by atoms with Crippen LogP contribution in [0.2, 0.25) is 5.02 Å². The van der Waals surface area contributed by atoms with Crippen LogP contribution >= 0.6 is 11.6 Å². The zero-order valence-corrected chi connectivity index (χ0v) is 9.45. The molecule has 1 aromatic rings. The summed E-state index contributed by atoms with van der Waals surface area (Å²) in [5.74, 6) is 0. The molecule has 0 N–H and O–H groups in total. The van der Waals surface area contributed by atoms with Crippen molar-refractivity contribution in [3.8, 4) is 0 Å². The minimum Gasteiger partial charge on any atom is -0.265 e. The molecule has 0 unspecified atom stereocenters. The maximum absolute atomic E-state index is 12.5. The molecule has 0 aliphatic rings. The van der Waals surface area contributed by atoms with Crippen LogP contribution in [0.5, 0.6) is 0 Å². The topological polar surface area (TPSA) is 17.8 Å². The maximum Gasteiger partial charge on any atom is 0.436 e. The molecular weight excluding hydrogens is 229 g/mol. The molecule has 0 spiro atoms. The van der Waals surface area contributed by atoms with Gasteiger partial charge in [-0.2, -0.15) is 18.3 Å². The molecule has 1 heterocycles. The van der Waals surface area contributed by atoms with Gasteiger partial charge in [0.1, 0.15) is 0 Å². The van der Waals surface area contributed by atoms with Crippen LogP contribution in [-0.2, 0) is 12.6 Å². The summed E-state index contributed by atoms with van der Waals surface area (Å²) in [5, 5.41) is 3.23. The minimum atomic E-state index is -4.48. The Morgan fingerprint density at radius 2 is 1.93 bits per heavy atom. The molecule has 0 aliphatic carbocycles. The molecule has 15 heavy (non-hydrogen) atoms. The van der Waals surface area contributed by atoms with Gasteiger partial charge in [-0.1, -0.05) is 18.5 Å². The van der Waals surface area contributed by atoms with Crippen LogP contribution in [0.1, 0.15) is 38.2 Å². The zero-order chi connectivity index (χ0) is 11.8. The van der Waals surface area contributed by atoms with Crippen LogP contribution in [0.25, 0.3) is 0 Å². The molecule has 0 aliphatic heterocycles. The van der Waals surface area contributed by atoms with E-state index in [1.165, 1.54) is 4.68 Å². The first-order valence-electron chi connectivity index (χ1n) is 4.63. The van der Waals surface area contributed by atoms with Gasteiger partial charge in [0.05, 0.1) is 10.7 Å². The highest BCUT2D eigenvalue weighted by atomic mass is 35.5. The molecule has 0 bridgehead atoms. The highest BCUT2D eigenvalue weighted by molar-refractivity contribution is 6.32. The van der Waals surface area contributed by atoms with E-state index in [2.05, 4.69) is 5.10 Å². The number of hydrogen-bond donors (Lipinski definition) is 0. The van der Waals surface area contributed by atoms with E-state index in [-0.39, 0.29) is 11.1 Å². The van der Waals surface area contributed by atoms with Crippen molar-refractivity contribution in [1.29, 1.82) is 0 Å². The normalized spacial score (nSPS) is 12.5. The fourth-order valence-corrected chi connectivity index (χ4v) is 1.74. The van der Waals surface area contributed by atoms with Crippen molar-refractivity contribution in [1.82, 2.24) is 9.78 Å². The van der Waals surface area contributed by atoms with Crippen LogP contribution in [0.3, 0.4) is 0 Å². The third kappa shape index (κ3) is 2.27. The van der Waals surface area contributed by atoms with Crippen molar-refractivity contribution in [2.45, 2.75) is 39.4 Å². The zero-order valence-electron chi connectivity index (χ0n) is 8.69. The lowest BCUT2D eigenvalue weighted by Gasteiger charge is -2.08. The smallest absolute Gasteiger partial charge is 0.265 e.